The maximum absolute atomic E-state index is 11.1. The molecule has 72 valence electrons. The Kier molecular flexibility index (Phi) is 3.24. The van der Waals surface area contributed by atoms with E-state index >= 15 is 0 Å². The highest BCUT2D eigenvalue weighted by Gasteiger charge is 2.14. The highest BCUT2D eigenvalue weighted by atomic mass is 16.1. The second-order valence-corrected chi connectivity index (χ2v) is 3.04. The molecule has 1 aromatic rings. The Bertz CT molecular complexity index is 379. The molecule has 2 N–H and O–H groups in total. The summed E-state index contributed by atoms with van der Waals surface area (Å²) < 4.78 is 0. The lowest BCUT2D eigenvalue weighted by atomic mass is 9.93. The number of benzene rings is 1. The molecule has 1 atom stereocenters. The number of hydrogen-bond acceptors (Lipinski definition) is 2. The van der Waals surface area contributed by atoms with E-state index in [0.717, 1.165) is 5.56 Å². The van der Waals surface area contributed by atoms with Gasteiger partial charge in [0.1, 0.15) is 0 Å². The van der Waals surface area contributed by atoms with Crippen LogP contribution in [0.1, 0.15) is 35.2 Å². The van der Waals surface area contributed by atoms with Gasteiger partial charge in [-0.25, -0.2) is 0 Å². The summed E-state index contributed by atoms with van der Waals surface area (Å²) in [4.78, 5) is 11.1. The van der Waals surface area contributed by atoms with Crippen molar-refractivity contribution in [3.8, 4) is 6.07 Å². The van der Waals surface area contributed by atoms with E-state index in [9.17, 15) is 4.79 Å². The standard InChI is InChI=1S/C11H12N2O/c1-2-8(7-12)9-5-3-4-6-10(9)11(13)14/h3-6,8H,2H2,1H3,(H2,13,14). The van der Waals surface area contributed by atoms with Crippen molar-refractivity contribution >= 4 is 5.91 Å². The van der Waals surface area contributed by atoms with Gasteiger partial charge in [0.05, 0.1) is 12.0 Å². The number of nitriles is 1. The van der Waals surface area contributed by atoms with Gasteiger partial charge in [0.15, 0.2) is 0 Å². The van der Waals surface area contributed by atoms with Crippen molar-refractivity contribution in [1.82, 2.24) is 0 Å². The summed E-state index contributed by atoms with van der Waals surface area (Å²) in [5, 5.41) is 8.88. The van der Waals surface area contributed by atoms with E-state index in [4.69, 9.17) is 11.0 Å². The summed E-state index contributed by atoms with van der Waals surface area (Å²) in [6.07, 6.45) is 0.681. The monoisotopic (exact) mass is 188 g/mol. The van der Waals surface area contributed by atoms with E-state index in [1.807, 2.05) is 13.0 Å². The van der Waals surface area contributed by atoms with Crippen LogP contribution in [0.15, 0.2) is 24.3 Å². The number of nitrogens with zero attached hydrogens (tertiary/aromatic N) is 1. The number of rotatable bonds is 3. The van der Waals surface area contributed by atoms with Crippen LogP contribution >= 0.6 is 0 Å². The fourth-order valence-electron chi connectivity index (χ4n) is 1.41. The summed E-state index contributed by atoms with van der Waals surface area (Å²) in [6.45, 7) is 1.91. The Balaban J connectivity index is 3.20. The fraction of sp³-hybridized carbons (Fsp3) is 0.273. The lowest BCUT2D eigenvalue weighted by Crippen LogP contribution is -2.14. The molecular weight excluding hydrogens is 176 g/mol. The van der Waals surface area contributed by atoms with Gasteiger partial charge in [0.25, 0.3) is 0 Å². The van der Waals surface area contributed by atoms with Crippen LogP contribution in [0, 0.1) is 11.3 Å². The molecule has 0 spiro atoms. The van der Waals surface area contributed by atoms with Crippen molar-refractivity contribution in [2.45, 2.75) is 19.3 Å². The van der Waals surface area contributed by atoms with Crippen LogP contribution in [-0.4, -0.2) is 5.91 Å². The van der Waals surface area contributed by atoms with E-state index in [0.29, 0.717) is 12.0 Å². The van der Waals surface area contributed by atoms with Gasteiger partial charge in [0, 0.05) is 5.56 Å². The first kappa shape index (κ1) is 10.3. The summed E-state index contributed by atoms with van der Waals surface area (Å²) >= 11 is 0. The van der Waals surface area contributed by atoms with Crippen LogP contribution in [0.5, 0.6) is 0 Å². The van der Waals surface area contributed by atoms with Gasteiger partial charge in [-0.1, -0.05) is 25.1 Å². The third-order valence-corrected chi connectivity index (χ3v) is 2.17. The number of hydrogen-bond donors (Lipinski definition) is 1. The van der Waals surface area contributed by atoms with E-state index in [2.05, 4.69) is 6.07 Å². The molecule has 0 saturated heterocycles. The van der Waals surface area contributed by atoms with Gasteiger partial charge in [-0.3, -0.25) is 4.79 Å². The van der Waals surface area contributed by atoms with Crippen LogP contribution in [-0.2, 0) is 0 Å². The third kappa shape index (κ3) is 1.91. The Labute approximate surface area is 83.2 Å². The summed E-state index contributed by atoms with van der Waals surface area (Å²) in [5.74, 6) is -0.729. The molecule has 0 saturated carbocycles. The highest BCUT2D eigenvalue weighted by Crippen LogP contribution is 2.21. The minimum Gasteiger partial charge on any atom is -0.366 e. The molecule has 0 heterocycles. The van der Waals surface area contributed by atoms with Crippen molar-refractivity contribution < 1.29 is 4.79 Å². The molecule has 0 aliphatic carbocycles. The van der Waals surface area contributed by atoms with E-state index in [-0.39, 0.29) is 5.92 Å². The molecule has 0 aliphatic heterocycles. The minimum absolute atomic E-state index is 0.251. The third-order valence-electron chi connectivity index (χ3n) is 2.17. The molecule has 0 bridgehead atoms. The summed E-state index contributed by atoms with van der Waals surface area (Å²) in [6, 6.07) is 9.13. The first-order chi connectivity index (χ1) is 6.70. The van der Waals surface area contributed by atoms with Crippen molar-refractivity contribution in [2.75, 3.05) is 0 Å². The topological polar surface area (TPSA) is 66.9 Å². The van der Waals surface area contributed by atoms with Gasteiger partial charge in [-0.15, -0.1) is 0 Å². The van der Waals surface area contributed by atoms with Crippen LogP contribution in [0.4, 0.5) is 0 Å². The maximum Gasteiger partial charge on any atom is 0.249 e. The molecule has 0 aromatic heterocycles. The Hall–Kier alpha value is -1.82. The second-order valence-electron chi connectivity index (χ2n) is 3.04. The van der Waals surface area contributed by atoms with Gasteiger partial charge >= 0.3 is 0 Å². The Morgan fingerprint density at radius 3 is 2.71 bits per heavy atom. The number of primary amides is 1. The molecule has 1 amide bonds. The lowest BCUT2D eigenvalue weighted by Gasteiger charge is -2.09. The van der Waals surface area contributed by atoms with Crippen molar-refractivity contribution in [3.63, 3.8) is 0 Å². The second kappa shape index (κ2) is 4.43. The zero-order valence-electron chi connectivity index (χ0n) is 8.03. The Morgan fingerprint density at radius 2 is 2.21 bits per heavy atom. The van der Waals surface area contributed by atoms with Crippen LogP contribution in [0.3, 0.4) is 0 Å². The quantitative estimate of drug-likeness (QED) is 0.785. The number of carbonyl (C=O) groups excluding carboxylic acids is 1. The van der Waals surface area contributed by atoms with Crippen molar-refractivity contribution in [1.29, 1.82) is 5.26 Å². The van der Waals surface area contributed by atoms with Gasteiger partial charge < -0.3 is 5.73 Å². The maximum atomic E-state index is 11.1. The fourth-order valence-corrected chi connectivity index (χ4v) is 1.41. The highest BCUT2D eigenvalue weighted by molar-refractivity contribution is 5.94. The zero-order valence-corrected chi connectivity index (χ0v) is 8.03. The lowest BCUT2D eigenvalue weighted by molar-refractivity contribution is 0.0999. The minimum atomic E-state index is -0.477. The average Bonchev–Trinajstić information content (AvgIpc) is 2.20. The molecule has 14 heavy (non-hydrogen) atoms. The number of amides is 1. The molecule has 1 rings (SSSR count). The average molecular weight is 188 g/mol. The summed E-state index contributed by atoms with van der Waals surface area (Å²) in [5.41, 5.74) is 6.39. The predicted molar refractivity (Wildman–Crippen MR) is 53.6 cm³/mol. The van der Waals surface area contributed by atoms with E-state index < -0.39 is 5.91 Å². The predicted octanol–water partition coefficient (Wildman–Crippen LogP) is 1.80. The van der Waals surface area contributed by atoms with Crippen molar-refractivity contribution in [3.05, 3.63) is 35.4 Å². The molecular formula is C11H12N2O. The molecule has 3 nitrogen and oxygen atoms in total. The molecule has 0 radical (unpaired) electrons. The number of nitrogens with two attached hydrogens (primary N) is 1. The van der Waals surface area contributed by atoms with E-state index in [1.165, 1.54) is 0 Å². The van der Waals surface area contributed by atoms with Gasteiger partial charge in [0.2, 0.25) is 5.91 Å². The first-order valence-corrected chi connectivity index (χ1v) is 4.49. The molecule has 0 aliphatic rings. The van der Waals surface area contributed by atoms with E-state index in [1.54, 1.807) is 18.2 Å². The normalized spacial score (nSPS) is 11.7. The first-order valence-electron chi connectivity index (χ1n) is 4.49. The number of carbonyl (C=O) groups is 1. The van der Waals surface area contributed by atoms with Gasteiger partial charge in [-0.2, -0.15) is 5.26 Å². The van der Waals surface area contributed by atoms with Crippen LogP contribution in [0.25, 0.3) is 0 Å². The molecule has 3 heteroatoms. The van der Waals surface area contributed by atoms with Crippen LogP contribution < -0.4 is 5.73 Å². The van der Waals surface area contributed by atoms with Gasteiger partial charge in [-0.05, 0) is 18.1 Å². The molecule has 0 fully saturated rings. The largest absolute Gasteiger partial charge is 0.366 e. The van der Waals surface area contributed by atoms with Crippen LogP contribution in [0.2, 0.25) is 0 Å². The summed E-state index contributed by atoms with van der Waals surface area (Å²) in [7, 11) is 0. The smallest absolute Gasteiger partial charge is 0.249 e. The molecule has 1 unspecified atom stereocenters. The molecule has 1 aromatic carbocycles. The van der Waals surface area contributed by atoms with Crippen molar-refractivity contribution in [2.24, 2.45) is 5.73 Å². The zero-order chi connectivity index (χ0) is 10.6. The Morgan fingerprint density at radius 1 is 1.57 bits per heavy atom. The SMILES string of the molecule is CCC(C#N)c1ccccc1C(N)=O.